The second-order valence-corrected chi connectivity index (χ2v) is 12.6. The second kappa shape index (κ2) is 11.3. The quantitative estimate of drug-likeness (QED) is 0.170. The SMILES string of the molecule is [2H]c1c([2H])c([2H])c(N2c3cc(N(c4ccccc4)c4ccccc4)cc4c3B(c3oc5ccccc5c3N4c3c([2H])c([2H])c([2H])c([2H])c3[2H])c3c2oc2ccccc32)c([2H])c1[2H]. The first kappa shape index (κ1) is 20.7. The Balaban J connectivity index is 1.37. The standard InChI is InChI=1S/C46H30BN3O2/c1-5-17-31(18-6-1)48(32-19-7-2-8-20-32)35-29-38-43-39(30-35)50(34-23-11-4-12-24-34)46-42(36-25-13-15-27-40(36)52-46)47(43)45-44(37-26-14-16-28-41(37)51-45)49(38)33-21-9-3-10-22-33/h1-30H/i3D,4D,9D,10D,11D,12D,21D,22D,23D,24D. The maximum absolute atomic E-state index is 9.39. The number of para-hydroxylation sites is 6. The third kappa shape index (κ3) is 4.18. The van der Waals surface area contributed by atoms with Gasteiger partial charge in [-0.2, -0.15) is 0 Å². The van der Waals surface area contributed by atoms with Gasteiger partial charge in [-0.15, -0.1) is 0 Å². The molecule has 7 aromatic carbocycles. The minimum absolute atomic E-state index is 0.121. The van der Waals surface area contributed by atoms with Crippen LogP contribution in [0.2, 0.25) is 0 Å². The van der Waals surface area contributed by atoms with Crippen molar-refractivity contribution in [1.29, 1.82) is 0 Å². The van der Waals surface area contributed by atoms with Crippen molar-refractivity contribution in [2.45, 2.75) is 0 Å². The lowest BCUT2D eigenvalue weighted by molar-refractivity contribution is 0.622. The monoisotopic (exact) mass is 677 g/mol. The van der Waals surface area contributed by atoms with E-state index in [1.165, 1.54) is 0 Å². The van der Waals surface area contributed by atoms with Crippen LogP contribution in [-0.2, 0) is 0 Å². The smallest absolute Gasteiger partial charge is 0.302 e. The summed E-state index contributed by atoms with van der Waals surface area (Å²) in [6.07, 6.45) is 0. The normalized spacial score (nSPS) is 15.6. The molecular formula is C46H30BN3O2. The van der Waals surface area contributed by atoms with Crippen LogP contribution in [0, 0.1) is 0 Å². The van der Waals surface area contributed by atoms with E-state index in [2.05, 4.69) is 0 Å². The Bertz CT molecular complexity index is 3260. The van der Waals surface area contributed by atoms with Crippen molar-refractivity contribution < 1.29 is 22.5 Å². The van der Waals surface area contributed by atoms with Crippen LogP contribution in [0.3, 0.4) is 0 Å². The van der Waals surface area contributed by atoms with Crippen LogP contribution >= 0.6 is 0 Å². The zero-order valence-electron chi connectivity index (χ0n) is 37.3. The molecule has 0 atom stereocenters. The van der Waals surface area contributed by atoms with Crippen molar-refractivity contribution in [1.82, 2.24) is 0 Å². The van der Waals surface area contributed by atoms with E-state index >= 15 is 0 Å². The Labute approximate surface area is 315 Å². The van der Waals surface area contributed by atoms with E-state index in [0.717, 1.165) is 11.4 Å². The summed E-state index contributed by atoms with van der Waals surface area (Å²) < 4.78 is 103. The molecule has 0 spiro atoms. The van der Waals surface area contributed by atoms with Crippen LogP contribution in [0.25, 0.3) is 21.9 Å². The predicted octanol–water partition coefficient (Wildman–Crippen LogP) is 10.7. The van der Waals surface area contributed by atoms with Crippen molar-refractivity contribution >= 4 is 96.6 Å². The molecule has 2 aromatic heterocycles. The summed E-state index contributed by atoms with van der Waals surface area (Å²) in [5.41, 5.74) is 5.49. The molecule has 0 saturated carbocycles. The number of hydrogen-bond donors (Lipinski definition) is 0. The fraction of sp³-hybridized carbons (Fsp3) is 0. The average Bonchev–Trinajstić information content (AvgIpc) is 3.88. The molecule has 0 radical (unpaired) electrons. The fourth-order valence-corrected chi connectivity index (χ4v) is 7.78. The molecule has 244 valence electrons. The molecular weight excluding hydrogens is 637 g/mol. The maximum atomic E-state index is 9.39. The van der Waals surface area contributed by atoms with E-state index in [0.29, 0.717) is 61.3 Å². The molecule has 0 unspecified atom stereocenters. The first-order valence-electron chi connectivity index (χ1n) is 21.8. The van der Waals surface area contributed by atoms with E-state index in [1.54, 1.807) is 15.9 Å². The molecule has 0 N–H and O–H groups in total. The zero-order chi connectivity index (χ0) is 42.9. The molecule has 6 heteroatoms. The maximum Gasteiger partial charge on any atom is 0.302 e. The molecule has 0 saturated heterocycles. The first-order chi connectivity index (χ1) is 30.0. The number of furan rings is 2. The van der Waals surface area contributed by atoms with Crippen LogP contribution in [-0.4, -0.2) is 6.71 Å². The van der Waals surface area contributed by atoms with Crippen molar-refractivity contribution in [3.05, 3.63) is 182 Å². The highest BCUT2D eigenvalue weighted by Crippen LogP contribution is 2.50. The third-order valence-electron chi connectivity index (χ3n) is 9.79. The average molecular weight is 678 g/mol. The molecule has 0 fully saturated rings. The lowest BCUT2D eigenvalue weighted by atomic mass is 9.35. The molecule has 2 aliphatic heterocycles. The van der Waals surface area contributed by atoms with Crippen LogP contribution in [0.1, 0.15) is 13.7 Å². The van der Waals surface area contributed by atoms with Gasteiger partial charge in [-0.05, 0) is 84.2 Å². The minimum atomic E-state index is -0.765. The lowest BCUT2D eigenvalue weighted by Gasteiger charge is -2.41. The summed E-state index contributed by atoms with van der Waals surface area (Å²) in [5.74, 6) is 0.207. The van der Waals surface area contributed by atoms with Crippen LogP contribution in [0.15, 0.2) is 191 Å². The van der Waals surface area contributed by atoms with Gasteiger partial charge in [-0.3, -0.25) is 4.90 Å². The van der Waals surface area contributed by atoms with E-state index in [1.807, 2.05) is 120 Å². The largest absolute Gasteiger partial charge is 0.468 e. The van der Waals surface area contributed by atoms with Gasteiger partial charge in [-0.25, -0.2) is 0 Å². The third-order valence-corrected chi connectivity index (χ3v) is 9.79. The Morgan fingerprint density at radius 1 is 0.500 bits per heavy atom. The topological polar surface area (TPSA) is 36.0 Å². The van der Waals surface area contributed by atoms with Crippen LogP contribution in [0.5, 0.6) is 0 Å². The Kier molecular flexibility index (Phi) is 4.50. The number of anilines is 9. The molecule has 9 aromatic rings. The highest BCUT2D eigenvalue weighted by Gasteiger charge is 2.49. The highest BCUT2D eigenvalue weighted by molar-refractivity contribution is 7.01. The number of fused-ring (bicyclic) bond motifs is 8. The van der Waals surface area contributed by atoms with Gasteiger partial charge in [0.15, 0.2) is 0 Å². The van der Waals surface area contributed by atoms with Gasteiger partial charge in [0.05, 0.1) is 30.7 Å². The van der Waals surface area contributed by atoms with Gasteiger partial charge in [0.2, 0.25) is 5.88 Å². The first-order valence-corrected chi connectivity index (χ1v) is 16.8. The van der Waals surface area contributed by atoms with Gasteiger partial charge in [0.1, 0.15) is 11.2 Å². The van der Waals surface area contributed by atoms with Crippen LogP contribution in [0.4, 0.5) is 51.4 Å². The summed E-state index contributed by atoms with van der Waals surface area (Å²) in [6.45, 7) is -0.765. The Hall–Kier alpha value is -6.92. The van der Waals surface area contributed by atoms with Gasteiger partial charge < -0.3 is 18.6 Å². The van der Waals surface area contributed by atoms with E-state index in [9.17, 15) is 5.48 Å². The number of rotatable bonds is 5. The van der Waals surface area contributed by atoms with Gasteiger partial charge in [-0.1, -0.05) is 103 Å². The Morgan fingerprint density at radius 2 is 1.02 bits per heavy atom. The molecule has 5 nitrogen and oxygen atoms in total. The summed E-state index contributed by atoms with van der Waals surface area (Å²) in [7, 11) is 0. The van der Waals surface area contributed by atoms with Crippen molar-refractivity contribution in [2.75, 3.05) is 14.7 Å². The van der Waals surface area contributed by atoms with Crippen molar-refractivity contribution in [3.63, 3.8) is 0 Å². The Morgan fingerprint density at radius 3 is 1.65 bits per heavy atom. The molecule has 0 amide bonds. The minimum Gasteiger partial charge on any atom is -0.468 e. The molecule has 0 bridgehead atoms. The zero-order valence-corrected chi connectivity index (χ0v) is 27.3. The molecule has 4 heterocycles. The second-order valence-electron chi connectivity index (χ2n) is 12.6. The number of nitrogens with zero attached hydrogens (tertiary/aromatic N) is 3. The number of hydrogen-bond acceptors (Lipinski definition) is 5. The van der Waals surface area contributed by atoms with E-state index < -0.39 is 67.1 Å². The molecule has 52 heavy (non-hydrogen) atoms. The van der Waals surface area contributed by atoms with E-state index in [4.69, 9.17) is 17.1 Å². The molecule has 2 aliphatic rings. The van der Waals surface area contributed by atoms with E-state index in [-0.39, 0.29) is 17.3 Å². The van der Waals surface area contributed by atoms with Crippen LogP contribution < -0.4 is 31.3 Å². The van der Waals surface area contributed by atoms with Crippen molar-refractivity contribution in [2.24, 2.45) is 0 Å². The predicted molar refractivity (Wildman–Crippen MR) is 215 cm³/mol. The summed E-state index contributed by atoms with van der Waals surface area (Å²) in [6, 6.07) is 32.7. The van der Waals surface area contributed by atoms with Gasteiger partial charge in [0.25, 0.3) is 0 Å². The van der Waals surface area contributed by atoms with Crippen molar-refractivity contribution in [3.8, 4) is 0 Å². The summed E-state index contributed by atoms with van der Waals surface area (Å²) >= 11 is 0. The summed E-state index contributed by atoms with van der Waals surface area (Å²) in [5, 5.41) is 1.31. The number of benzene rings is 7. The highest BCUT2D eigenvalue weighted by atomic mass is 16.4. The fourth-order valence-electron chi connectivity index (χ4n) is 7.78. The van der Waals surface area contributed by atoms with Gasteiger partial charge >= 0.3 is 6.71 Å². The van der Waals surface area contributed by atoms with Gasteiger partial charge in [0, 0.05) is 50.4 Å². The molecule has 11 rings (SSSR count). The lowest BCUT2D eigenvalue weighted by Crippen LogP contribution is -2.60. The summed E-state index contributed by atoms with van der Waals surface area (Å²) in [4.78, 5) is 5.24. The molecule has 0 aliphatic carbocycles.